The predicted molar refractivity (Wildman–Crippen MR) is 99.5 cm³/mol. The van der Waals surface area contributed by atoms with Gasteiger partial charge in [-0.15, -0.1) is 0 Å². The molecule has 4 nitrogen and oxygen atoms in total. The van der Waals surface area contributed by atoms with E-state index in [0.29, 0.717) is 11.7 Å². The highest BCUT2D eigenvalue weighted by Crippen LogP contribution is 2.35. The molecule has 0 radical (unpaired) electrons. The molecule has 2 N–H and O–H groups in total. The molecule has 0 aliphatic carbocycles. The zero-order valence-electron chi connectivity index (χ0n) is 15.1. The summed E-state index contributed by atoms with van der Waals surface area (Å²) in [7, 11) is 0. The van der Waals surface area contributed by atoms with Gasteiger partial charge in [-0.3, -0.25) is 4.79 Å². The Hall–Kier alpha value is -2.49. The molecule has 2 aromatic carbocycles. The van der Waals surface area contributed by atoms with E-state index in [1.807, 2.05) is 26.0 Å². The van der Waals surface area contributed by atoms with E-state index in [2.05, 4.69) is 24.4 Å². The number of rotatable bonds is 5. The zero-order valence-corrected chi connectivity index (χ0v) is 15.1. The Morgan fingerprint density at radius 1 is 1.20 bits per heavy atom. The molecule has 2 aromatic rings. The third-order valence-corrected chi connectivity index (χ3v) is 4.77. The van der Waals surface area contributed by atoms with Gasteiger partial charge in [0.1, 0.15) is 11.5 Å². The summed E-state index contributed by atoms with van der Waals surface area (Å²) in [6.45, 7) is 6.21. The van der Waals surface area contributed by atoms with E-state index in [-0.39, 0.29) is 12.5 Å². The summed E-state index contributed by atoms with van der Waals surface area (Å²) in [6, 6.07) is 10.0. The first-order valence-electron chi connectivity index (χ1n) is 8.83. The number of phenolic OH excluding ortho intramolecular Hbond substituents is 1. The third-order valence-electron chi connectivity index (χ3n) is 4.77. The van der Waals surface area contributed by atoms with Crippen LogP contribution >= 0.6 is 0 Å². The van der Waals surface area contributed by atoms with Crippen molar-refractivity contribution in [3.05, 3.63) is 52.6 Å². The molecule has 1 unspecified atom stereocenters. The van der Waals surface area contributed by atoms with Crippen LogP contribution in [0.2, 0.25) is 0 Å². The fraction of sp³-hybridized carbons (Fsp3) is 0.381. The highest BCUT2D eigenvalue weighted by Gasteiger charge is 2.20. The van der Waals surface area contributed by atoms with Crippen molar-refractivity contribution in [2.75, 3.05) is 11.9 Å². The third kappa shape index (κ3) is 3.78. The van der Waals surface area contributed by atoms with E-state index in [1.54, 1.807) is 6.07 Å². The van der Waals surface area contributed by atoms with Crippen molar-refractivity contribution in [1.29, 1.82) is 0 Å². The Morgan fingerprint density at radius 2 is 2.00 bits per heavy atom. The fourth-order valence-electron chi connectivity index (χ4n) is 3.53. The van der Waals surface area contributed by atoms with Gasteiger partial charge in [0.15, 0.2) is 6.61 Å². The summed E-state index contributed by atoms with van der Waals surface area (Å²) in [5, 5.41) is 12.7. The highest BCUT2D eigenvalue weighted by molar-refractivity contribution is 5.95. The lowest BCUT2D eigenvalue weighted by atomic mass is 9.87. The van der Waals surface area contributed by atoms with Crippen LogP contribution in [0.15, 0.2) is 30.3 Å². The molecule has 0 fully saturated rings. The highest BCUT2D eigenvalue weighted by atomic mass is 16.5. The van der Waals surface area contributed by atoms with E-state index >= 15 is 0 Å². The van der Waals surface area contributed by atoms with Gasteiger partial charge in [-0.25, -0.2) is 0 Å². The number of hydrogen-bond donors (Lipinski definition) is 2. The Kier molecular flexibility index (Phi) is 4.98. The van der Waals surface area contributed by atoms with Crippen molar-refractivity contribution in [3.8, 4) is 11.5 Å². The van der Waals surface area contributed by atoms with Gasteiger partial charge in [-0.2, -0.15) is 0 Å². The number of ether oxygens (including phenoxy) is 1. The minimum atomic E-state index is -0.108. The fourth-order valence-corrected chi connectivity index (χ4v) is 3.53. The van der Waals surface area contributed by atoms with Gasteiger partial charge in [0.25, 0.3) is 5.91 Å². The molecule has 0 bridgehead atoms. The smallest absolute Gasteiger partial charge is 0.262 e. The molecule has 0 saturated carbocycles. The van der Waals surface area contributed by atoms with Crippen molar-refractivity contribution in [1.82, 2.24) is 0 Å². The largest absolute Gasteiger partial charge is 0.508 e. The van der Waals surface area contributed by atoms with E-state index in [4.69, 9.17) is 4.74 Å². The summed E-state index contributed by atoms with van der Waals surface area (Å²) in [5.41, 5.74) is 5.15. The Labute approximate surface area is 148 Å². The minimum absolute atomic E-state index is 0.0818. The summed E-state index contributed by atoms with van der Waals surface area (Å²) >= 11 is 0. The maximum atomic E-state index is 11.6. The number of fused-ring (bicyclic) bond motifs is 1. The van der Waals surface area contributed by atoms with Crippen molar-refractivity contribution in [3.63, 3.8) is 0 Å². The molecule has 25 heavy (non-hydrogen) atoms. The van der Waals surface area contributed by atoms with E-state index in [9.17, 15) is 9.90 Å². The SMILES string of the molecule is CCCC(Cc1cc(C)c2c(c1)NC(=O)CO2)c1ccc(O)c(C)c1. The van der Waals surface area contributed by atoms with Crippen LogP contribution in [0.4, 0.5) is 5.69 Å². The van der Waals surface area contributed by atoms with Crippen LogP contribution in [0.5, 0.6) is 11.5 Å². The Balaban J connectivity index is 1.89. The van der Waals surface area contributed by atoms with Gasteiger partial charge in [0.2, 0.25) is 0 Å². The second-order valence-electron chi connectivity index (χ2n) is 6.86. The number of hydrogen-bond acceptors (Lipinski definition) is 3. The van der Waals surface area contributed by atoms with Gasteiger partial charge >= 0.3 is 0 Å². The number of amides is 1. The first-order chi connectivity index (χ1) is 12.0. The Bertz CT molecular complexity index is 798. The van der Waals surface area contributed by atoms with Crippen LogP contribution in [-0.2, 0) is 11.2 Å². The topological polar surface area (TPSA) is 58.6 Å². The van der Waals surface area contributed by atoms with Crippen LogP contribution in [0.25, 0.3) is 0 Å². The molecule has 1 aliphatic heterocycles. The average molecular weight is 339 g/mol. The first-order valence-corrected chi connectivity index (χ1v) is 8.83. The molecular weight excluding hydrogens is 314 g/mol. The molecule has 1 amide bonds. The number of phenols is 1. The zero-order chi connectivity index (χ0) is 18.0. The van der Waals surface area contributed by atoms with Crippen LogP contribution < -0.4 is 10.1 Å². The van der Waals surface area contributed by atoms with E-state index < -0.39 is 0 Å². The Morgan fingerprint density at radius 3 is 2.72 bits per heavy atom. The van der Waals surface area contributed by atoms with Crippen molar-refractivity contribution < 1.29 is 14.6 Å². The quantitative estimate of drug-likeness (QED) is 0.845. The molecule has 4 heteroatoms. The van der Waals surface area contributed by atoms with Crippen molar-refractivity contribution >= 4 is 11.6 Å². The number of nitrogens with one attached hydrogen (secondary N) is 1. The standard InChI is InChI=1S/C21H25NO3/c1-4-5-16(17-6-7-19(23)13(2)9-17)10-15-8-14(3)21-18(11-15)22-20(24)12-25-21/h6-9,11,16,23H,4-5,10,12H2,1-3H3,(H,22,24). The van der Waals surface area contributed by atoms with Gasteiger partial charge in [-0.05, 0) is 67.0 Å². The van der Waals surface area contributed by atoms with Gasteiger partial charge in [0, 0.05) is 0 Å². The molecule has 0 spiro atoms. The van der Waals surface area contributed by atoms with Gasteiger partial charge in [-0.1, -0.05) is 31.5 Å². The monoisotopic (exact) mass is 339 g/mol. The second-order valence-corrected chi connectivity index (χ2v) is 6.86. The first kappa shape index (κ1) is 17.3. The van der Waals surface area contributed by atoms with Crippen LogP contribution in [-0.4, -0.2) is 17.6 Å². The maximum absolute atomic E-state index is 11.6. The number of carbonyl (C=O) groups is 1. The predicted octanol–water partition coefficient (Wildman–Crippen LogP) is 4.47. The average Bonchev–Trinajstić information content (AvgIpc) is 2.56. The summed E-state index contributed by atoms with van der Waals surface area (Å²) < 4.78 is 5.55. The number of anilines is 1. The number of benzene rings is 2. The van der Waals surface area contributed by atoms with Crippen molar-refractivity contribution in [2.45, 2.75) is 46.0 Å². The normalized spacial score (nSPS) is 14.4. The van der Waals surface area contributed by atoms with Gasteiger partial charge in [0.05, 0.1) is 5.69 Å². The summed E-state index contributed by atoms with van der Waals surface area (Å²) in [6.07, 6.45) is 3.06. The lowest BCUT2D eigenvalue weighted by molar-refractivity contribution is -0.118. The minimum Gasteiger partial charge on any atom is -0.508 e. The molecule has 1 atom stereocenters. The molecule has 3 rings (SSSR count). The lowest BCUT2D eigenvalue weighted by Gasteiger charge is -2.23. The maximum Gasteiger partial charge on any atom is 0.262 e. The summed E-state index contributed by atoms with van der Waals surface area (Å²) in [5.74, 6) is 1.38. The number of carbonyl (C=O) groups excluding carboxylic acids is 1. The molecule has 0 saturated heterocycles. The second kappa shape index (κ2) is 7.18. The van der Waals surface area contributed by atoms with Gasteiger partial charge < -0.3 is 15.2 Å². The molecular formula is C21H25NO3. The number of aromatic hydroxyl groups is 1. The molecule has 1 aliphatic rings. The molecule has 0 aromatic heterocycles. The summed E-state index contributed by atoms with van der Waals surface area (Å²) in [4.78, 5) is 11.6. The van der Waals surface area contributed by atoms with Crippen LogP contribution in [0, 0.1) is 13.8 Å². The van der Waals surface area contributed by atoms with Crippen LogP contribution in [0.3, 0.4) is 0 Å². The van der Waals surface area contributed by atoms with E-state index in [0.717, 1.165) is 41.8 Å². The molecule has 1 heterocycles. The molecule has 132 valence electrons. The van der Waals surface area contributed by atoms with Crippen LogP contribution in [0.1, 0.15) is 47.9 Å². The van der Waals surface area contributed by atoms with Crippen molar-refractivity contribution in [2.24, 2.45) is 0 Å². The lowest BCUT2D eigenvalue weighted by Crippen LogP contribution is -2.26. The van der Waals surface area contributed by atoms with E-state index in [1.165, 1.54) is 11.1 Å². The number of aryl methyl sites for hydroxylation is 2.